The molecule has 17 heavy (non-hydrogen) atoms. The van der Waals surface area contributed by atoms with Crippen molar-refractivity contribution in [1.29, 1.82) is 0 Å². The molecule has 1 aromatic heterocycles. The Bertz CT molecular complexity index is 441. The summed E-state index contributed by atoms with van der Waals surface area (Å²) in [5.41, 5.74) is 0. The number of ether oxygens (including phenoxy) is 1. The second kappa shape index (κ2) is 4.35. The highest BCUT2D eigenvalue weighted by atomic mass is 16.5. The van der Waals surface area contributed by atoms with Crippen molar-refractivity contribution >= 4 is 35.4 Å². The fourth-order valence-electron chi connectivity index (χ4n) is 1.49. The molecule has 6 radical (unpaired) electrons. The number of rotatable bonds is 2. The molecule has 0 atom stereocenters. The van der Waals surface area contributed by atoms with E-state index in [-0.39, 0.29) is 18.9 Å². The van der Waals surface area contributed by atoms with Gasteiger partial charge in [0.1, 0.15) is 0 Å². The molecule has 0 unspecified atom stereocenters. The summed E-state index contributed by atoms with van der Waals surface area (Å²) in [5, 5.41) is 0.964. The normalized spacial score (nSPS) is 15.5. The van der Waals surface area contributed by atoms with Gasteiger partial charge in [-0.25, -0.2) is 9.78 Å². The number of carbonyl (C=O) groups excluding carboxylic acids is 1. The zero-order valence-corrected chi connectivity index (χ0v) is 9.09. The van der Waals surface area contributed by atoms with Crippen LogP contribution >= 0.6 is 0 Å². The van der Waals surface area contributed by atoms with Crippen LogP contribution in [0.5, 0.6) is 5.75 Å². The molecule has 1 aliphatic heterocycles. The first-order valence-corrected chi connectivity index (χ1v) is 5.00. The Labute approximate surface area is 103 Å². The summed E-state index contributed by atoms with van der Waals surface area (Å²) in [7, 11) is 17.0. The van der Waals surface area contributed by atoms with Crippen LogP contribution in [0, 0.1) is 0 Å². The summed E-state index contributed by atoms with van der Waals surface area (Å²) in [6.45, 7) is 0.0225. The van der Waals surface area contributed by atoms with Crippen LogP contribution in [0.4, 0.5) is 10.6 Å². The van der Waals surface area contributed by atoms with Crippen molar-refractivity contribution in [2.75, 3.05) is 11.6 Å². The maximum absolute atomic E-state index is 11.9. The van der Waals surface area contributed by atoms with Gasteiger partial charge in [0, 0.05) is 6.20 Å². The van der Waals surface area contributed by atoms with E-state index in [0.717, 1.165) is 4.90 Å². The second-order valence-corrected chi connectivity index (χ2v) is 3.63. The number of anilines is 1. The van der Waals surface area contributed by atoms with E-state index in [2.05, 4.69) is 10.3 Å². The van der Waals surface area contributed by atoms with Crippen molar-refractivity contribution < 1.29 is 9.53 Å². The highest BCUT2D eigenvalue weighted by Crippen LogP contribution is 2.31. The molecule has 0 fully saturated rings. The molecule has 80 valence electrons. The third-order valence-corrected chi connectivity index (χ3v) is 2.36. The third kappa shape index (κ3) is 2.11. The minimum Gasteiger partial charge on any atom is -0.469 e. The Morgan fingerprint density at radius 1 is 1.59 bits per heavy atom. The van der Waals surface area contributed by atoms with Gasteiger partial charge in [-0.3, -0.25) is 4.90 Å². The van der Waals surface area contributed by atoms with Crippen LogP contribution in [0.2, 0.25) is 6.32 Å². The first-order chi connectivity index (χ1) is 8.06. The number of urea groups is 1. The summed E-state index contributed by atoms with van der Waals surface area (Å²) in [6, 6.07) is 2.85. The third-order valence-electron chi connectivity index (χ3n) is 2.36. The van der Waals surface area contributed by atoms with Crippen LogP contribution in [0.1, 0.15) is 0 Å². The number of fused-ring (bicyclic) bond motifs is 1. The van der Waals surface area contributed by atoms with Crippen molar-refractivity contribution in [3.05, 3.63) is 18.3 Å². The molecular weight excluding hydrogens is 215 g/mol. The summed E-state index contributed by atoms with van der Waals surface area (Å²) in [4.78, 5) is 17.0. The van der Waals surface area contributed by atoms with Gasteiger partial charge in [0.15, 0.2) is 18.3 Å². The van der Waals surface area contributed by atoms with Crippen molar-refractivity contribution in [3.8, 4) is 5.75 Å². The molecule has 2 rings (SSSR count). The minimum absolute atomic E-state index is 0.0225. The summed E-state index contributed by atoms with van der Waals surface area (Å²) in [6.07, 6.45) is 1.40. The average Bonchev–Trinajstić information content (AvgIpc) is 2.47. The standard InChI is InChI=1S/C9H8B3N3O2/c10-4-9(11,12)15-7-6(2-1-3-13-7)17-5-14-8(15)16/h1-3H,4-5H2,(H,14,16). The molecule has 0 bridgehead atoms. The van der Waals surface area contributed by atoms with Gasteiger partial charge < -0.3 is 10.1 Å². The van der Waals surface area contributed by atoms with Crippen molar-refractivity contribution in [1.82, 2.24) is 10.3 Å². The lowest BCUT2D eigenvalue weighted by Crippen LogP contribution is -2.56. The minimum atomic E-state index is -1.53. The van der Waals surface area contributed by atoms with Crippen LogP contribution in [0.3, 0.4) is 0 Å². The fraction of sp³-hybridized carbons (Fsp3) is 0.333. The van der Waals surface area contributed by atoms with Gasteiger partial charge in [0.2, 0.25) is 0 Å². The molecule has 5 nitrogen and oxygen atoms in total. The SMILES string of the molecule is [B]CC([B])([B])N1C(=O)NCOc2cccnc21. The lowest BCUT2D eigenvalue weighted by atomic mass is 9.55. The number of pyridine rings is 1. The average molecular weight is 223 g/mol. The zero-order valence-electron chi connectivity index (χ0n) is 9.09. The van der Waals surface area contributed by atoms with Crippen LogP contribution in [0.25, 0.3) is 0 Å². The van der Waals surface area contributed by atoms with E-state index in [1.54, 1.807) is 12.1 Å². The lowest BCUT2D eigenvalue weighted by molar-refractivity contribution is 0.233. The van der Waals surface area contributed by atoms with Crippen LogP contribution < -0.4 is 15.0 Å². The Hall–Kier alpha value is -1.59. The van der Waals surface area contributed by atoms with E-state index < -0.39 is 11.4 Å². The Morgan fingerprint density at radius 2 is 2.35 bits per heavy atom. The second-order valence-electron chi connectivity index (χ2n) is 3.63. The van der Waals surface area contributed by atoms with Crippen molar-refractivity contribution in [3.63, 3.8) is 0 Å². The molecule has 0 aromatic carbocycles. The molecule has 1 N–H and O–H groups in total. The van der Waals surface area contributed by atoms with E-state index in [9.17, 15) is 4.79 Å². The summed E-state index contributed by atoms with van der Waals surface area (Å²) >= 11 is 0. The fourth-order valence-corrected chi connectivity index (χ4v) is 1.49. The molecule has 1 aliphatic rings. The van der Waals surface area contributed by atoms with E-state index in [0.29, 0.717) is 5.75 Å². The zero-order chi connectivity index (χ0) is 12.5. The number of carbonyl (C=O) groups is 1. The van der Waals surface area contributed by atoms with Crippen LogP contribution in [-0.4, -0.2) is 46.6 Å². The molecular formula is C9H8B3N3O2. The van der Waals surface area contributed by atoms with Gasteiger partial charge in [-0.05, 0) is 17.5 Å². The number of hydrogen-bond acceptors (Lipinski definition) is 3. The molecule has 8 heteroatoms. The predicted molar refractivity (Wildman–Crippen MR) is 65.5 cm³/mol. The number of nitrogens with one attached hydrogen (secondary N) is 1. The number of hydrogen-bond donors (Lipinski definition) is 1. The van der Waals surface area contributed by atoms with Gasteiger partial charge >= 0.3 is 6.03 Å². The van der Waals surface area contributed by atoms with Crippen LogP contribution in [0.15, 0.2) is 18.3 Å². The van der Waals surface area contributed by atoms with Gasteiger partial charge in [-0.1, -0.05) is 6.32 Å². The van der Waals surface area contributed by atoms with Gasteiger partial charge in [0.05, 0.1) is 23.5 Å². The summed E-state index contributed by atoms with van der Waals surface area (Å²) < 4.78 is 5.30. The van der Waals surface area contributed by atoms with E-state index in [1.165, 1.54) is 6.20 Å². The van der Waals surface area contributed by atoms with Crippen molar-refractivity contribution in [2.24, 2.45) is 0 Å². The Balaban J connectivity index is 2.51. The first kappa shape index (κ1) is 11.9. The first-order valence-electron chi connectivity index (χ1n) is 5.00. The van der Waals surface area contributed by atoms with Gasteiger partial charge in [0.25, 0.3) is 0 Å². The van der Waals surface area contributed by atoms with Crippen LogP contribution in [-0.2, 0) is 0 Å². The van der Waals surface area contributed by atoms with Gasteiger partial charge in [-0.2, -0.15) is 0 Å². The lowest BCUT2D eigenvalue weighted by Gasteiger charge is -2.37. The maximum Gasteiger partial charge on any atom is 0.324 e. The monoisotopic (exact) mass is 223 g/mol. The quantitative estimate of drug-likeness (QED) is 0.688. The number of nitrogens with zero attached hydrogens (tertiary/aromatic N) is 2. The number of aromatic nitrogens is 1. The molecule has 0 spiro atoms. The van der Waals surface area contributed by atoms with E-state index in [4.69, 9.17) is 28.3 Å². The topological polar surface area (TPSA) is 54.5 Å². The molecule has 0 saturated carbocycles. The van der Waals surface area contributed by atoms with E-state index in [1.807, 2.05) is 0 Å². The molecule has 0 saturated heterocycles. The largest absolute Gasteiger partial charge is 0.469 e. The number of amides is 2. The molecule has 2 amide bonds. The Kier molecular flexibility index (Phi) is 3.04. The molecule has 2 heterocycles. The smallest absolute Gasteiger partial charge is 0.324 e. The maximum atomic E-state index is 11.9. The highest BCUT2D eigenvalue weighted by molar-refractivity contribution is 6.46. The van der Waals surface area contributed by atoms with E-state index >= 15 is 0 Å². The molecule has 0 aliphatic carbocycles. The van der Waals surface area contributed by atoms with Crippen molar-refractivity contribution in [2.45, 2.75) is 11.7 Å². The molecule has 1 aromatic rings. The predicted octanol–water partition coefficient (Wildman–Crippen LogP) is -0.475. The van der Waals surface area contributed by atoms with Gasteiger partial charge in [-0.15, -0.1) is 0 Å². The Morgan fingerprint density at radius 3 is 3.06 bits per heavy atom. The summed E-state index contributed by atoms with van der Waals surface area (Å²) in [5.74, 6) is 0.664. The highest BCUT2D eigenvalue weighted by Gasteiger charge is 2.34.